The van der Waals surface area contributed by atoms with Crippen molar-refractivity contribution in [3.63, 3.8) is 0 Å². The molecular formula is C21H24N2O6S. The minimum atomic E-state index is -3.50. The van der Waals surface area contributed by atoms with Crippen molar-refractivity contribution in [1.82, 2.24) is 4.31 Å². The van der Waals surface area contributed by atoms with Crippen LogP contribution < -0.4 is 19.5 Å². The molecule has 0 aromatic heterocycles. The lowest BCUT2D eigenvalue weighted by Gasteiger charge is -2.26. The van der Waals surface area contributed by atoms with E-state index in [0.29, 0.717) is 41.6 Å². The van der Waals surface area contributed by atoms with E-state index in [1.807, 2.05) is 0 Å². The molecule has 0 spiro atoms. The molecule has 4 rings (SSSR count). The van der Waals surface area contributed by atoms with E-state index >= 15 is 0 Å². The Balaban J connectivity index is 1.37. The molecule has 2 heterocycles. The van der Waals surface area contributed by atoms with Crippen LogP contribution in [0.1, 0.15) is 24.8 Å². The van der Waals surface area contributed by atoms with Gasteiger partial charge in [-0.1, -0.05) is 6.42 Å². The van der Waals surface area contributed by atoms with Crippen molar-refractivity contribution >= 4 is 21.6 Å². The molecule has 9 heteroatoms. The second kappa shape index (κ2) is 8.53. The van der Waals surface area contributed by atoms with Crippen molar-refractivity contribution in [2.24, 2.45) is 0 Å². The predicted molar refractivity (Wildman–Crippen MR) is 110 cm³/mol. The number of carbonyl (C=O) groups is 1. The van der Waals surface area contributed by atoms with Gasteiger partial charge in [0.1, 0.15) is 5.75 Å². The number of anilines is 1. The monoisotopic (exact) mass is 432 g/mol. The van der Waals surface area contributed by atoms with Crippen molar-refractivity contribution in [1.29, 1.82) is 0 Å². The minimum Gasteiger partial charge on any atom is -0.483 e. The molecule has 1 saturated heterocycles. The smallest absolute Gasteiger partial charge is 0.262 e. The van der Waals surface area contributed by atoms with Gasteiger partial charge < -0.3 is 19.5 Å². The Morgan fingerprint density at radius 3 is 2.60 bits per heavy atom. The van der Waals surface area contributed by atoms with Crippen molar-refractivity contribution in [3.05, 3.63) is 42.0 Å². The lowest BCUT2D eigenvalue weighted by molar-refractivity contribution is -0.118. The first kappa shape index (κ1) is 20.5. The van der Waals surface area contributed by atoms with Gasteiger partial charge in [0.15, 0.2) is 18.1 Å². The van der Waals surface area contributed by atoms with E-state index < -0.39 is 10.0 Å². The largest absolute Gasteiger partial charge is 0.483 e. The molecule has 0 saturated carbocycles. The zero-order chi connectivity index (χ0) is 21.1. The van der Waals surface area contributed by atoms with Gasteiger partial charge in [-0.3, -0.25) is 4.79 Å². The number of rotatable bonds is 6. The Hall–Kier alpha value is -2.78. The summed E-state index contributed by atoms with van der Waals surface area (Å²) in [7, 11) is -3.50. The fourth-order valence-corrected chi connectivity index (χ4v) is 5.12. The molecule has 2 aliphatic rings. The SMILES string of the molecule is Cc1cc(S(=O)(=O)N2CCCCC2)ccc1OCC(=O)Nc1ccc2c(c1)OCO2. The summed E-state index contributed by atoms with van der Waals surface area (Å²) in [5.74, 6) is 1.35. The van der Waals surface area contributed by atoms with Crippen LogP contribution in [-0.2, 0) is 14.8 Å². The molecule has 8 nitrogen and oxygen atoms in total. The Bertz CT molecular complexity index is 1050. The van der Waals surface area contributed by atoms with Crippen LogP contribution in [0.2, 0.25) is 0 Å². The summed E-state index contributed by atoms with van der Waals surface area (Å²) in [5, 5.41) is 2.74. The summed E-state index contributed by atoms with van der Waals surface area (Å²) >= 11 is 0. The van der Waals surface area contributed by atoms with Crippen LogP contribution in [-0.4, -0.2) is 45.1 Å². The van der Waals surface area contributed by atoms with Crippen LogP contribution in [0.5, 0.6) is 17.2 Å². The van der Waals surface area contributed by atoms with Gasteiger partial charge in [-0.25, -0.2) is 8.42 Å². The molecule has 2 aliphatic heterocycles. The van der Waals surface area contributed by atoms with E-state index in [1.165, 1.54) is 10.4 Å². The summed E-state index contributed by atoms with van der Waals surface area (Å²) in [6, 6.07) is 9.85. The van der Waals surface area contributed by atoms with Gasteiger partial charge in [0, 0.05) is 24.8 Å². The summed E-state index contributed by atoms with van der Waals surface area (Å²) < 4.78 is 43.3. The standard InChI is InChI=1S/C21H24N2O6S/c1-15-11-17(30(25,26)23-9-3-2-4-10-23)6-8-18(15)27-13-21(24)22-16-5-7-19-20(12-16)29-14-28-19/h5-8,11-12H,2-4,9-10,13-14H2,1H3,(H,22,24). The highest BCUT2D eigenvalue weighted by atomic mass is 32.2. The highest BCUT2D eigenvalue weighted by Gasteiger charge is 2.26. The van der Waals surface area contributed by atoms with Crippen LogP contribution in [0, 0.1) is 6.92 Å². The van der Waals surface area contributed by atoms with Gasteiger partial charge in [-0.2, -0.15) is 4.31 Å². The molecule has 1 fully saturated rings. The molecule has 0 atom stereocenters. The molecule has 30 heavy (non-hydrogen) atoms. The second-order valence-corrected chi connectivity index (χ2v) is 9.23. The van der Waals surface area contributed by atoms with Crippen LogP contribution >= 0.6 is 0 Å². The quantitative estimate of drug-likeness (QED) is 0.754. The number of nitrogens with zero attached hydrogens (tertiary/aromatic N) is 1. The van der Waals surface area contributed by atoms with E-state index in [4.69, 9.17) is 14.2 Å². The van der Waals surface area contributed by atoms with Crippen LogP contribution in [0.25, 0.3) is 0 Å². The van der Waals surface area contributed by atoms with E-state index in [2.05, 4.69) is 5.32 Å². The highest BCUT2D eigenvalue weighted by Crippen LogP contribution is 2.34. The highest BCUT2D eigenvalue weighted by molar-refractivity contribution is 7.89. The maximum atomic E-state index is 12.8. The average Bonchev–Trinajstić information content (AvgIpc) is 3.21. The number of fused-ring (bicyclic) bond motifs is 1. The van der Waals surface area contributed by atoms with E-state index in [1.54, 1.807) is 37.3 Å². The summed E-state index contributed by atoms with van der Waals surface area (Å²) in [5.41, 5.74) is 1.23. The Labute approximate surface area is 175 Å². The first-order valence-electron chi connectivity index (χ1n) is 9.86. The molecule has 1 amide bonds. The number of hydrogen-bond donors (Lipinski definition) is 1. The second-order valence-electron chi connectivity index (χ2n) is 7.30. The van der Waals surface area contributed by atoms with Crippen molar-refractivity contribution < 1.29 is 27.4 Å². The number of ether oxygens (including phenoxy) is 3. The molecule has 0 unspecified atom stereocenters. The van der Waals surface area contributed by atoms with Gasteiger partial charge in [0.2, 0.25) is 16.8 Å². The van der Waals surface area contributed by atoms with Crippen molar-refractivity contribution in [3.8, 4) is 17.2 Å². The molecule has 0 bridgehead atoms. The number of hydrogen-bond acceptors (Lipinski definition) is 6. The number of benzene rings is 2. The van der Waals surface area contributed by atoms with Crippen LogP contribution in [0.4, 0.5) is 5.69 Å². The van der Waals surface area contributed by atoms with Crippen molar-refractivity contribution in [2.75, 3.05) is 31.8 Å². The maximum absolute atomic E-state index is 12.8. The van der Waals surface area contributed by atoms with Crippen LogP contribution in [0.3, 0.4) is 0 Å². The number of piperidine rings is 1. The number of amides is 1. The van der Waals surface area contributed by atoms with E-state index in [9.17, 15) is 13.2 Å². The molecule has 160 valence electrons. The number of sulfonamides is 1. The molecule has 0 radical (unpaired) electrons. The number of nitrogens with one attached hydrogen (secondary N) is 1. The van der Waals surface area contributed by atoms with E-state index in [0.717, 1.165) is 19.3 Å². The lowest BCUT2D eigenvalue weighted by atomic mass is 10.2. The third kappa shape index (κ3) is 4.36. The Morgan fingerprint density at radius 2 is 1.83 bits per heavy atom. The molecular weight excluding hydrogens is 408 g/mol. The first-order chi connectivity index (χ1) is 14.4. The average molecular weight is 432 g/mol. The topological polar surface area (TPSA) is 94.2 Å². The molecule has 1 N–H and O–H groups in total. The van der Waals surface area contributed by atoms with Gasteiger partial charge in [-0.05, 0) is 55.7 Å². The third-order valence-electron chi connectivity index (χ3n) is 5.11. The summed E-state index contributed by atoms with van der Waals surface area (Å²) in [6.07, 6.45) is 2.84. The predicted octanol–water partition coefficient (Wildman–Crippen LogP) is 2.92. The summed E-state index contributed by atoms with van der Waals surface area (Å²) in [4.78, 5) is 12.5. The van der Waals surface area contributed by atoms with Crippen molar-refractivity contribution in [2.45, 2.75) is 31.1 Å². The first-order valence-corrected chi connectivity index (χ1v) is 11.3. The number of aryl methyl sites for hydroxylation is 1. The summed E-state index contributed by atoms with van der Waals surface area (Å²) in [6.45, 7) is 2.84. The normalized spacial score (nSPS) is 16.3. The Kier molecular flexibility index (Phi) is 5.83. The van der Waals surface area contributed by atoms with Gasteiger partial charge in [-0.15, -0.1) is 0 Å². The van der Waals surface area contributed by atoms with Gasteiger partial charge in [0.05, 0.1) is 4.90 Å². The zero-order valence-corrected chi connectivity index (χ0v) is 17.5. The third-order valence-corrected chi connectivity index (χ3v) is 7.01. The molecule has 2 aromatic carbocycles. The fourth-order valence-electron chi connectivity index (χ4n) is 3.51. The van der Waals surface area contributed by atoms with Crippen LogP contribution in [0.15, 0.2) is 41.3 Å². The molecule has 2 aromatic rings. The van der Waals surface area contributed by atoms with E-state index in [-0.39, 0.29) is 24.2 Å². The van der Waals surface area contributed by atoms with Gasteiger partial charge >= 0.3 is 0 Å². The number of carbonyl (C=O) groups excluding carboxylic acids is 1. The van der Waals surface area contributed by atoms with Gasteiger partial charge in [0.25, 0.3) is 5.91 Å². The minimum absolute atomic E-state index is 0.165. The molecule has 0 aliphatic carbocycles. The fraction of sp³-hybridized carbons (Fsp3) is 0.381. The maximum Gasteiger partial charge on any atom is 0.262 e. The Morgan fingerprint density at radius 1 is 1.07 bits per heavy atom. The zero-order valence-electron chi connectivity index (χ0n) is 16.7. The lowest BCUT2D eigenvalue weighted by Crippen LogP contribution is -2.35.